The monoisotopic (exact) mass is 332 g/mol. The number of aromatic nitrogens is 2. The molecule has 0 aliphatic heterocycles. The minimum absolute atomic E-state index is 0.379. The van der Waals surface area contributed by atoms with Crippen LogP contribution < -0.4 is 0 Å². The zero-order valence-electron chi connectivity index (χ0n) is 8.46. The Morgan fingerprint density at radius 1 is 1.27 bits per heavy atom. The Morgan fingerprint density at radius 2 is 2.00 bits per heavy atom. The summed E-state index contributed by atoms with van der Waals surface area (Å²) in [6, 6.07) is 4.00. The fourth-order valence-electron chi connectivity index (χ4n) is 1.57. The van der Waals surface area contributed by atoms with Crippen LogP contribution in [-0.2, 0) is 0 Å². The van der Waals surface area contributed by atoms with Crippen LogP contribution in [0.25, 0.3) is 10.9 Å². The number of hydrogen-bond donors (Lipinski definition) is 0. The van der Waals surface area contributed by atoms with Crippen molar-refractivity contribution < 1.29 is 0 Å². The van der Waals surface area contributed by atoms with Crippen molar-refractivity contribution in [3.63, 3.8) is 0 Å². The van der Waals surface area contributed by atoms with E-state index in [1.165, 1.54) is 0 Å². The molecule has 1 aromatic carbocycles. The van der Waals surface area contributed by atoms with Crippen LogP contribution in [0.2, 0.25) is 5.02 Å². The van der Waals surface area contributed by atoms with Crippen molar-refractivity contribution in [3.05, 3.63) is 32.7 Å². The molecule has 0 aliphatic carbocycles. The summed E-state index contributed by atoms with van der Waals surface area (Å²) in [5, 5.41) is 1.76. The number of halogens is 2. The van der Waals surface area contributed by atoms with Gasteiger partial charge in [-0.15, -0.1) is 0 Å². The predicted octanol–water partition coefficient (Wildman–Crippen LogP) is 4.01. The van der Waals surface area contributed by atoms with E-state index in [9.17, 15) is 0 Å². The van der Waals surface area contributed by atoms with Crippen LogP contribution in [0, 0.1) is 3.57 Å². The third-order valence-electron chi connectivity index (χ3n) is 2.23. The fourth-order valence-corrected chi connectivity index (χ4v) is 2.65. The average molecular weight is 333 g/mol. The number of rotatable bonds is 1. The molecule has 15 heavy (non-hydrogen) atoms. The highest BCUT2D eigenvalue weighted by molar-refractivity contribution is 14.1. The summed E-state index contributed by atoms with van der Waals surface area (Å²) in [4.78, 5) is 8.53. The minimum atomic E-state index is 0.379. The van der Waals surface area contributed by atoms with E-state index in [-0.39, 0.29) is 0 Å². The molecular formula is C11H10ClIN2. The van der Waals surface area contributed by atoms with Crippen LogP contribution in [0.1, 0.15) is 25.5 Å². The van der Waals surface area contributed by atoms with Crippen molar-refractivity contribution in [1.82, 2.24) is 9.97 Å². The predicted molar refractivity (Wildman–Crippen MR) is 71.4 cm³/mol. The molecule has 2 aromatic rings. The molecule has 0 saturated carbocycles. The normalized spacial score (nSPS) is 11.3. The van der Waals surface area contributed by atoms with Gasteiger partial charge in [0.05, 0.1) is 16.2 Å². The highest BCUT2D eigenvalue weighted by Gasteiger charge is 2.10. The van der Waals surface area contributed by atoms with Gasteiger partial charge in [0.1, 0.15) is 6.33 Å². The smallest absolute Gasteiger partial charge is 0.116 e. The third-order valence-corrected chi connectivity index (χ3v) is 3.15. The summed E-state index contributed by atoms with van der Waals surface area (Å²) in [5.41, 5.74) is 1.90. The first-order valence-electron chi connectivity index (χ1n) is 4.69. The number of hydrogen-bond acceptors (Lipinski definition) is 2. The van der Waals surface area contributed by atoms with E-state index in [2.05, 4.69) is 52.5 Å². The van der Waals surface area contributed by atoms with Gasteiger partial charge in [-0.05, 0) is 40.6 Å². The molecule has 0 unspecified atom stereocenters. The van der Waals surface area contributed by atoms with Gasteiger partial charge in [0.15, 0.2) is 0 Å². The molecule has 0 N–H and O–H groups in total. The molecule has 4 heteroatoms. The molecule has 0 radical (unpaired) electrons. The topological polar surface area (TPSA) is 25.8 Å². The van der Waals surface area contributed by atoms with Gasteiger partial charge in [0.25, 0.3) is 0 Å². The maximum Gasteiger partial charge on any atom is 0.116 e. The van der Waals surface area contributed by atoms with Gasteiger partial charge in [-0.3, -0.25) is 0 Å². The second-order valence-electron chi connectivity index (χ2n) is 3.70. The van der Waals surface area contributed by atoms with Gasteiger partial charge in [-0.2, -0.15) is 0 Å². The van der Waals surface area contributed by atoms with Crippen molar-refractivity contribution in [2.24, 2.45) is 0 Å². The van der Waals surface area contributed by atoms with Crippen LogP contribution in [0.5, 0.6) is 0 Å². The first-order chi connectivity index (χ1) is 7.09. The third kappa shape index (κ3) is 2.08. The molecular weight excluding hydrogens is 322 g/mol. The van der Waals surface area contributed by atoms with E-state index < -0.39 is 0 Å². The lowest BCUT2D eigenvalue weighted by Crippen LogP contribution is -1.96. The van der Waals surface area contributed by atoms with E-state index in [1.807, 2.05) is 6.07 Å². The fraction of sp³-hybridized carbons (Fsp3) is 0.273. The van der Waals surface area contributed by atoms with Crippen molar-refractivity contribution in [2.45, 2.75) is 19.8 Å². The van der Waals surface area contributed by atoms with Crippen molar-refractivity contribution in [2.75, 3.05) is 0 Å². The molecule has 0 atom stereocenters. The average Bonchev–Trinajstić information content (AvgIpc) is 2.16. The summed E-state index contributed by atoms with van der Waals surface area (Å²) in [6.45, 7) is 4.24. The first kappa shape index (κ1) is 11.1. The molecule has 0 spiro atoms. The van der Waals surface area contributed by atoms with Gasteiger partial charge < -0.3 is 0 Å². The van der Waals surface area contributed by atoms with Crippen LogP contribution in [0.3, 0.4) is 0 Å². The van der Waals surface area contributed by atoms with Crippen LogP contribution in [0.4, 0.5) is 0 Å². The lowest BCUT2D eigenvalue weighted by Gasteiger charge is -2.09. The molecule has 78 valence electrons. The Morgan fingerprint density at radius 3 is 2.67 bits per heavy atom. The molecule has 2 nitrogen and oxygen atoms in total. The molecule has 0 bridgehead atoms. The van der Waals surface area contributed by atoms with Crippen molar-refractivity contribution in [1.29, 1.82) is 0 Å². The quantitative estimate of drug-likeness (QED) is 0.737. The SMILES string of the molecule is CC(C)c1ncnc2c(Cl)cc(I)cc12. The van der Waals surface area contributed by atoms with Crippen LogP contribution in [-0.4, -0.2) is 9.97 Å². The lowest BCUT2D eigenvalue weighted by molar-refractivity contribution is 0.828. The van der Waals surface area contributed by atoms with E-state index in [4.69, 9.17) is 11.6 Å². The van der Waals surface area contributed by atoms with Crippen LogP contribution >= 0.6 is 34.2 Å². The first-order valence-corrected chi connectivity index (χ1v) is 6.15. The summed E-state index contributed by atoms with van der Waals surface area (Å²) < 4.78 is 1.11. The maximum absolute atomic E-state index is 6.14. The van der Waals surface area contributed by atoms with Gasteiger partial charge in [-0.1, -0.05) is 25.4 Å². The molecule has 1 aromatic heterocycles. The van der Waals surface area contributed by atoms with E-state index in [0.717, 1.165) is 20.2 Å². The second kappa shape index (κ2) is 4.22. The molecule has 0 fully saturated rings. The second-order valence-corrected chi connectivity index (χ2v) is 5.35. The summed E-state index contributed by atoms with van der Waals surface area (Å²) >= 11 is 8.40. The van der Waals surface area contributed by atoms with E-state index in [0.29, 0.717) is 10.9 Å². The summed E-state index contributed by atoms with van der Waals surface area (Å²) in [6.07, 6.45) is 1.58. The molecule has 0 saturated heterocycles. The zero-order chi connectivity index (χ0) is 11.0. The maximum atomic E-state index is 6.14. The number of nitrogens with zero attached hydrogens (tertiary/aromatic N) is 2. The highest BCUT2D eigenvalue weighted by Crippen LogP contribution is 2.28. The highest BCUT2D eigenvalue weighted by atomic mass is 127. The zero-order valence-corrected chi connectivity index (χ0v) is 11.4. The number of benzene rings is 1. The van der Waals surface area contributed by atoms with Gasteiger partial charge in [0.2, 0.25) is 0 Å². The number of fused-ring (bicyclic) bond motifs is 1. The molecule has 1 heterocycles. The van der Waals surface area contributed by atoms with Gasteiger partial charge in [-0.25, -0.2) is 9.97 Å². The van der Waals surface area contributed by atoms with E-state index >= 15 is 0 Å². The summed E-state index contributed by atoms with van der Waals surface area (Å²) in [7, 11) is 0. The lowest BCUT2D eigenvalue weighted by atomic mass is 10.1. The largest absolute Gasteiger partial charge is 0.240 e. The Hall–Kier alpha value is -0.420. The standard InChI is InChI=1S/C11H10ClIN2/c1-6(2)10-8-3-7(13)4-9(12)11(8)15-5-14-10/h3-6H,1-2H3. The van der Waals surface area contributed by atoms with Crippen LogP contribution in [0.15, 0.2) is 18.5 Å². The Balaban J connectivity index is 2.85. The van der Waals surface area contributed by atoms with Gasteiger partial charge >= 0.3 is 0 Å². The molecule has 2 rings (SSSR count). The van der Waals surface area contributed by atoms with Crippen molar-refractivity contribution >= 4 is 45.1 Å². The van der Waals surface area contributed by atoms with Crippen molar-refractivity contribution in [3.8, 4) is 0 Å². The van der Waals surface area contributed by atoms with E-state index in [1.54, 1.807) is 6.33 Å². The summed E-state index contributed by atoms with van der Waals surface area (Å²) in [5.74, 6) is 0.379. The minimum Gasteiger partial charge on any atom is -0.240 e. The Kier molecular flexibility index (Phi) is 3.11. The Bertz CT molecular complexity index is 511. The molecule has 0 aliphatic rings. The van der Waals surface area contributed by atoms with Gasteiger partial charge in [0, 0.05) is 8.96 Å². The molecule has 0 amide bonds. The Labute approximate surface area is 107 Å².